The lowest BCUT2D eigenvalue weighted by Crippen LogP contribution is -1.95. The van der Waals surface area contributed by atoms with E-state index >= 15 is 0 Å². The summed E-state index contributed by atoms with van der Waals surface area (Å²) in [5.74, 6) is 0.00897. The summed E-state index contributed by atoms with van der Waals surface area (Å²) in [6.07, 6.45) is 4.37. The second-order valence-corrected chi connectivity index (χ2v) is 5.86. The molecule has 0 aliphatic heterocycles. The molecule has 0 aliphatic carbocycles. The van der Waals surface area contributed by atoms with Gasteiger partial charge in [0.1, 0.15) is 29.0 Å². The lowest BCUT2D eigenvalue weighted by molar-refractivity contribution is 0.414. The van der Waals surface area contributed by atoms with Crippen molar-refractivity contribution < 1.29 is 9.13 Å². The van der Waals surface area contributed by atoms with Gasteiger partial charge >= 0.3 is 0 Å². The molecular weight excluding hydrogens is 359 g/mol. The molecule has 130 valence electrons. The van der Waals surface area contributed by atoms with Gasteiger partial charge in [-0.2, -0.15) is 5.10 Å². The fourth-order valence-corrected chi connectivity index (χ4v) is 2.87. The van der Waals surface area contributed by atoms with Crippen molar-refractivity contribution in [2.75, 3.05) is 7.11 Å². The molecule has 0 bridgehead atoms. The second kappa shape index (κ2) is 6.30. The van der Waals surface area contributed by atoms with Gasteiger partial charge in [0.15, 0.2) is 10.9 Å². The maximum absolute atomic E-state index is 13.2. The van der Waals surface area contributed by atoms with E-state index in [-0.39, 0.29) is 5.15 Å². The molecular formula is C17H12ClFN6O. The van der Waals surface area contributed by atoms with E-state index in [2.05, 4.69) is 25.0 Å². The number of aromatic nitrogens is 6. The van der Waals surface area contributed by atoms with Crippen molar-refractivity contribution in [2.24, 2.45) is 7.05 Å². The highest BCUT2D eigenvalue weighted by Gasteiger charge is 2.19. The van der Waals surface area contributed by atoms with Crippen molar-refractivity contribution in [3.63, 3.8) is 0 Å². The fraction of sp³-hybridized carbons (Fsp3) is 0.118. The second-order valence-electron chi connectivity index (χ2n) is 5.50. The average molecular weight is 371 g/mol. The Hall–Kier alpha value is -3.13. The predicted octanol–water partition coefficient (Wildman–Crippen LogP) is 3.29. The van der Waals surface area contributed by atoms with E-state index in [0.29, 0.717) is 39.4 Å². The zero-order valence-electron chi connectivity index (χ0n) is 13.8. The van der Waals surface area contributed by atoms with E-state index in [1.807, 2.05) is 0 Å². The van der Waals surface area contributed by atoms with Crippen molar-refractivity contribution in [1.29, 1.82) is 0 Å². The van der Waals surface area contributed by atoms with E-state index in [4.69, 9.17) is 16.3 Å². The molecule has 0 saturated carbocycles. The highest BCUT2D eigenvalue weighted by molar-refractivity contribution is 6.31. The van der Waals surface area contributed by atoms with Gasteiger partial charge in [-0.1, -0.05) is 11.6 Å². The normalized spacial score (nSPS) is 11.1. The molecule has 0 fully saturated rings. The number of nitrogens with zero attached hydrogens (tertiary/aromatic N) is 6. The van der Waals surface area contributed by atoms with Gasteiger partial charge in [0, 0.05) is 19.3 Å². The van der Waals surface area contributed by atoms with Gasteiger partial charge in [-0.15, -0.1) is 0 Å². The van der Waals surface area contributed by atoms with Crippen LogP contribution >= 0.6 is 11.6 Å². The maximum atomic E-state index is 13.2. The number of halogens is 2. The predicted molar refractivity (Wildman–Crippen MR) is 94.3 cm³/mol. The Labute approximate surface area is 152 Å². The van der Waals surface area contributed by atoms with Gasteiger partial charge in [-0.05, 0) is 12.1 Å². The Morgan fingerprint density at radius 3 is 2.73 bits per heavy atom. The van der Waals surface area contributed by atoms with Gasteiger partial charge in [0.05, 0.1) is 30.1 Å². The average Bonchev–Trinajstić information content (AvgIpc) is 3.03. The topological polar surface area (TPSA) is 78.6 Å². The van der Waals surface area contributed by atoms with Crippen molar-refractivity contribution >= 4 is 22.6 Å². The molecule has 0 amide bonds. The Balaban J connectivity index is 1.96. The highest BCUT2D eigenvalue weighted by atomic mass is 35.5. The molecule has 4 aromatic rings. The van der Waals surface area contributed by atoms with E-state index in [1.54, 1.807) is 30.1 Å². The zero-order chi connectivity index (χ0) is 18.3. The summed E-state index contributed by atoms with van der Waals surface area (Å²) in [4.78, 5) is 17.1. The van der Waals surface area contributed by atoms with Crippen LogP contribution in [0.25, 0.3) is 33.7 Å². The first-order chi connectivity index (χ1) is 12.6. The van der Waals surface area contributed by atoms with Gasteiger partial charge in [0.25, 0.3) is 0 Å². The van der Waals surface area contributed by atoms with Gasteiger partial charge in [-0.25, -0.2) is 19.3 Å². The first-order valence-electron chi connectivity index (χ1n) is 7.58. The number of methoxy groups -OCH3 is 1. The molecule has 26 heavy (non-hydrogen) atoms. The molecule has 0 radical (unpaired) electrons. The summed E-state index contributed by atoms with van der Waals surface area (Å²) in [5.41, 5.74) is 3.41. The Morgan fingerprint density at radius 2 is 2.00 bits per heavy atom. The molecule has 0 spiro atoms. The third kappa shape index (κ3) is 2.74. The number of hydrogen-bond acceptors (Lipinski definition) is 6. The van der Waals surface area contributed by atoms with Crippen molar-refractivity contribution in [2.45, 2.75) is 0 Å². The van der Waals surface area contributed by atoms with Gasteiger partial charge < -0.3 is 4.74 Å². The minimum absolute atomic E-state index is 0.210. The first-order valence-corrected chi connectivity index (χ1v) is 7.96. The van der Waals surface area contributed by atoms with Crippen LogP contribution in [0.15, 0.2) is 36.9 Å². The number of ether oxygens (including phenoxy) is 1. The smallest absolute Gasteiger partial charge is 0.171 e. The molecule has 0 aromatic carbocycles. The molecule has 7 nitrogen and oxygen atoms in total. The summed E-state index contributed by atoms with van der Waals surface area (Å²) in [7, 11) is 3.29. The Bertz CT molecular complexity index is 1110. The number of rotatable bonds is 3. The van der Waals surface area contributed by atoms with Crippen molar-refractivity contribution in [3.8, 4) is 28.4 Å². The molecule has 4 aromatic heterocycles. The molecule has 0 saturated heterocycles. The van der Waals surface area contributed by atoms with Crippen LogP contribution in [0.2, 0.25) is 5.15 Å². The molecule has 4 heterocycles. The van der Waals surface area contributed by atoms with Crippen molar-refractivity contribution in [1.82, 2.24) is 29.7 Å². The van der Waals surface area contributed by atoms with Crippen LogP contribution in [0.1, 0.15) is 0 Å². The number of fused-ring (bicyclic) bond motifs is 1. The third-order valence-electron chi connectivity index (χ3n) is 3.81. The van der Waals surface area contributed by atoms with Crippen LogP contribution in [0.5, 0.6) is 5.75 Å². The molecule has 4 rings (SSSR count). The molecule has 9 heteroatoms. The summed E-state index contributed by atoms with van der Waals surface area (Å²) in [6, 6.07) is 4.59. The summed E-state index contributed by atoms with van der Waals surface area (Å²) in [6.45, 7) is 0. The number of hydrogen-bond donors (Lipinski definition) is 0. The van der Waals surface area contributed by atoms with E-state index in [1.165, 1.54) is 19.5 Å². The monoisotopic (exact) mass is 370 g/mol. The van der Waals surface area contributed by atoms with Gasteiger partial charge in [-0.3, -0.25) is 9.67 Å². The van der Waals surface area contributed by atoms with Crippen LogP contribution < -0.4 is 4.74 Å². The summed E-state index contributed by atoms with van der Waals surface area (Å²) < 4.78 is 20.0. The Morgan fingerprint density at radius 1 is 1.15 bits per heavy atom. The van der Waals surface area contributed by atoms with Gasteiger partial charge in [0.2, 0.25) is 0 Å². The standard InChI is InChI=1S/C17H12ClFN6O/c1-25-7-10(14(24-25)11-4-3-9(19)6-20-11)15-16-12(21-8-22-15)5-13(26-2)17(18)23-16/h3-8H,1-2H3. The Kier molecular flexibility index (Phi) is 3.96. The lowest BCUT2D eigenvalue weighted by atomic mass is 10.1. The maximum Gasteiger partial charge on any atom is 0.171 e. The van der Waals surface area contributed by atoms with Crippen LogP contribution in [0.4, 0.5) is 4.39 Å². The zero-order valence-corrected chi connectivity index (χ0v) is 14.6. The minimum atomic E-state index is -0.417. The van der Waals surface area contributed by atoms with Crippen molar-refractivity contribution in [3.05, 3.63) is 47.9 Å². The number of aryl methyl sites for hydroxylation is 1. The largest absolute Gasteiger partial charge is 0.493 e. The first kappa shape index (κ1) is 16.3. The lowest BCUT2D eigenvalue weighted by Gasteiger charge is -2.07. The van der Waals surface area contributed by atoms with E-state index < -0.39 is 5.82 Å². The minimum Gasteiger partial charge on any atom is -0.493 e. The summed E-state index contributed by atoms with van der Waals surface area (Å²) >= 11 is 6.18. The molecule has 0 aliphatic rings. The molecule has 0 N–H and O–H groups in total. The quantitative estimate of drug-likeness (QED) is 0.515. The third-order valence-corrected chi connectivity index (χ3v) is 4.08. The van der Waals surface area contributed by atoms with E-state index in [0.717, 1.165) is 6.20 Å². The fourth-order valence-electron chi connectivity index (χ4n) is 2.65. The number of pyridine rings is 2. The van der Waals surface area contributed by atoms with Crippen LogP contribution in [0, 0.1) is 5.82 Å². The molecule has 0 atom stereocenters. The van der Waals surface area contributed by atoms with Crippen LogP contribution in [-0.2, 0) is 7.05 Å². The van der Waals surface area contributed by atoms with Crippen LogP contribution in [0.3, 0.4) is 0 Å². The highest BCUT2D eigenvalue weighted by Crippen LogP contribution is 2.34. The van der Waals surface area contributed by atoms with E-state index in [9.17, 15) is 4.39 Å². The molecule has 0 unspecified atom stereocenters. The summed E-state index contributed by atoms with van der Waals surface area (Å²) in [5, 5.41) is 4.65. The van der Waals surface area contributed by atoms with Crippen LogP contribution in [-0.4, -0.2) is 36.8 Å². The SMILES string of the molecule is COc1cc2ncnc(-c3cn(C)nc3-c3ccc(F)cn3)c2nc1Cl.